The highest BCUT2D eigenvalue weighted by molar-refractivity contribution is 5.98. The van der Waals surface area contributed by atoms with Gasteiger partial charge in [0.05, 0.1) is 6.54 Å². The molecule has 0 atom stereocenters. The molecule has 0 aliphatic rings. The van der Waals surface area contributed by atoms with Crippen LogP contribution in [-0.4, -0.2) is 24.4 Å². The summed E-state index contributed by atoms with van der Waals surface area (Å²) in [5.74, 6) is -0.501. The van der Waals surface area contributed by atoms with Crippen LogP contribution in [0.2, 0.25) is 0 Å². The van der Waals surface area contributed by atoms with Crippen molar-refractivity contribution in [2.45, 2.75) is 26.8 Å². The van der Waals surface area contributed by atoms with Crippen LogP contribution in [0.4, 0.5) is 5.69 Å². The fourth-order valence-corrected chi connectivity index (χ4v) is 1.51. The van der Waals surface area contributed by atoms with Gasteiger partial charge in [-0.2, -0.15) is 0 Å². The Morgan fingerprint density at radius 1 is 1.33 bits per heavy atom. The molecule has 18 heavy (non-hydrogen) atoms. The Morgan fingerprint density at radius 3 is 2.61 bits per heavy atom. The minimum absolute atomic E-state index is 0.0365. The van der Waals surface area contributed by atoms with Crippen molar-refractivity contribution in [2.24, 2.45) is 0 Å². The fourth-order valence-electron chi connectivity index (χ4n) is 1.51. The van der Waals surface area contributed by atoms with E-state index >= 15 is 0 Å². The van der Waals surface area contributed by atoms with E-state index in [4.69, 9.17) is 5.73 Å². The highest BCUT2D eigenvalue weighted by Crippen LogP contribution is 2.12. The number of hydrogen-bond acceptors (Lipinski definition) is 3. The summed E-state index contributed by atoms with van der Waals surface area (Å²) in [6.07, 6.45) is 0. The van der Waals surface area contributed by atoms with Gasteiger partial charge in [-0.3, -0.25) is 9.59 Å². The van der Waals surface area contributed by atoms with Gasteiger partial charge in [-0.25, -0.2) is 0 Å². The maximum Gasteiger partial charge on any atom is 0.252 e. The van der Waals surface area contributed by atoms with Crippen molar-refractivity contribution in [1.29, 1.82) is 0 Å². The molecule has 98 valence electrons. The number of amides is 2. The number of carbonyl (C=O) groups excluding carboxylic acids is 2. The van der Waals surface area contributed by atoms with E-state index in [1.807, 2.05) is 20.8 Å². The van der Waals surface area contributed by atoms with Crippen LogP contribution in [0, 0.1) is 6.92 Å². The van der Waals surface area contributed by atoms with Crippen molar-refractivity contribution in [1.82, 2.24) is 10.6 Å². The number of carbonyl (C=O) groups is 2. The SMILES string of the molecule is Cc1ccc(N)cc1C(=O)NCC(=O)NC(C)C. The number of nitrogen functional groups attached to an aromatic ring is 1. The zero-order chi connectivity index (χ0) is 13.7. The first-order valence-corrected chi connectivity index (χ1v) is 5.84. The highest BCUT2D eigenvalue weighted by atomic mass is 16.2. The highest BCUT2D eigenvalue weighted by Gasteiger charge is 2.11. The molecule has 0 bridgehead atoms. The second kappa shape index (κ2) is 6.05. The summed E-state index contributed by atoms with van der Waals surface area (Å²) in [5.41, 5.74) is 7.47. The lowest BCUT2D eigenvalue weighted by molar-refractivity contribution is -0.120. The van der Waals surface area contributed by atoms with Crippen molar-refractivity contribution < 1.29 is 9.59 Å². The Bertz CT molecular complexity index is 456. The first-order valence-electron chi connectivity index (χ1n) is 5.84. The van der Waals surface area contributed by atoms with Crippen LogP contribution in [0.1, 0.15) is 29.8 Å². The third-order valence-corrected chi connectivity index (χ3v) is 2.37. The van der Waals surface area contributed by atoms with E-state index < -0.39 is 0 Å². The largest absolute Gasteiger partial charge is 0.399 e. The summed E-state index contributed by atoms with van der Waals surface area (Å²) in [7, 11) is 0. The van der Waals surface area contributed by atoms with Gasteiger partial charge < -0.3 is 16.4 Å². The van der Waals surface area contributed by atoms with Gasteiger partial charge in [0.2, 0.25) is 5.91 Å². The van der Waals surface area contributed by atoms with Crippen molar-refractivity contribution in [3.8, 4) is 0 Å². The Labute approximate surface area is 107 Å². The first kappa shape index (κ1) is 14.0. The maximum absolute atomic E-state index is 11.9. The topological polar surface area (TPSA) is 84.2 Å². The molecule has 0 fully saturated rings. The third-order valence-electron chi connectivity index (χ3n) is 2.37. The molecule has 0 spiro atoms. The molecule has 0 heterocycles. The zero-order valence-electron chi connectivity index (χ0n) is 10.9. The molecule has 0 unspecified atom stereocenters. The molecule has 1 rings (SSSR count). The molecule has 0 saturated carbocycles. The average molecular weight is 249 g/mol. The van der Waals surface area contributed by atoms with Crippen LogP contribution >= 0.6 is 0 Å². The van der Waals surface area contributed by atoms with Crippen LogP contribution in [0.5, 0.6) is 0 Å². The molecular weight excluding hydrogens is 230 g/mol. The van der Waals surface area contributed by atoms with Crippen molar-refractivity contribution in [3.05, 3.63) is 29.3 Å². The van der Waals surface area contributed by atoms with Crippen LogP contribution in [0.25, 0.3) is 0 Å². The summed E-state index contributed by atoms with van der Waals surface area (Å²) in [6, 6.07) is 5.17. The van der Waals surface area contributed by atoms with Gasteiger partial charge in [0.1, 0.15) is 0 Å². The molecule has 0 saturated heterocycles. The predicted molar refractivity (Wildman–Crippen MR) is 71.2 cm³/mol. The number of aryl methyl sites for hydroxylation is 1. The Balaban J connectivity index is 2.60. The molecule has 0 aromatic heterocycles. The van der Waals surface area contributed by atoms with E-state index in [1.54, 1.807) is 18.2 Å². The molecule has 4 N–H and O–H groups in total. The minimum atomic E-state index is -0.293. The Morgan fingerprint density at radius 2 is 2.00 bits per heavy atom. The van der Waals surface area contributed by atoms with E-state index in [1.165, 1.54) is 0 Å². The summed E-state index contributed by atoms with van der Waals surface area (Å²) in [5, 5.41) is 5.26. The van der Waals surface area contributed by atoms with Crippen molar-refractivity contribution in [2.75, 3.05) is 12.3 Å². The standard InChI is InChI=1S/C13H19N3O2/c1-8(2)16-12(17)7-15-13(18)11-6-10(14)5-4-9(11)3/h4-6,8H,7,14H2,1-3H3,(H,15,18)(H,16,17). The number of rotatable bonds is 4. The van der Waals surface area contributed by atoms with Gasteiger partial charge in [0, 0.05) is 17.3 Å². The average Bonchev–Trinajstić information content (AvgIpc) is 2.28. The number of nitrogens with one attached hydrogen (secondary N) is 2. The van der Waals surface area contributed by atoms with Crippen LogP contribution in [-0.2, 0) is 4.79 Å². The smallest absolute Gasteiger partial charge is 0.252 e. The summed E-state index contributed by atoms with van der Waals surface area (Å²) >= 11 is 0. The van der Waals surface area contributed by atoms with E-state index in [0.29, 0.717) is 11.3 Å². The van der Waals surface area contributed by atoms with Gasteiger partial charge in [-0.15, -0.1) is 0 Å². The molecule has 0 aliphatic heterocycles. The van der Waals surface area contributed by atoms with Gasteiger partial charge >= 0.3 is 0 Å². The van der Waals surface area contributed by atoms with Gasteiger partial charge in [-0.1, -0.05) is 6.07 Å². The molecule has 1 aromatic carbocycles. The molecule has 5 heteroatoms. The van der Waals surface area contributed by atoms with Crippen LogP contribution in [0.15, 0.2) is 18.2 Å². The minimum Gasteiger partial charge on any atom is -0.399 e. The zero-order valence-corrected chi connectivity index (χ0v) is 10.9. The molecular formula is C13H19N3O2. The summed E-state index contributed by atoms with van der Waals surface area (Å²) in [6.45, 7) is 5.51. The second-order valence-electron chi connectivity index (χ2n) is 4.48. The number of nitrogens with two attached hydrogens (primary N) is 1. The number of hydrogen-bond donors (Lipinski definition) is 3. The lowest BCUT2D eigenvalue weighted by atomic mass is 10.1. The Hall–Kier alpha value is -2.04. The fraction of sp³-hybridized carbons (Fsp3) is 0.385. The van der Waals surface area contributed by atoms with Crippen LogP contribution < -0.4 is 16.4 Å². The lowest BCUT2D eigenvalue weighted by Crippen LogP contribution is -2.39. The van der Waals surface area contributed by atoms with E-state index in [-0.39, 0.29) is 24.4 Å². The number of benzene rings is 1. The monoisotopic (exact) mass is 249 g/mol. The predicted octanol–water partition coefficient (Wildman–Crippen LogP) is 0.832. The molecule has 0 aliphatic carbocycles. The quantitative estimate of drug-likeness (QED) is 0.691. The van der Waals surface area contributed by atoms with E-state index in [2.05, 4.69) is 10.6 Å². The summed E-state index contributed by atoms with van der Waals surface area (Å²) in [4.78, 5) is 23.3. The van der Waals surface area contributed by atoms with E-state index in [0.717, 1.165) is 5.56 Å². The maximum atomic E-state index is 11.9. The third kappa shape index (κ3) is 4.08. The Kier molecular flexibility index (Phi) is 4.71. The van der Waals surface area contributed by atoms with E-state index in [9.17, 15) is 9.59 Å². The second-order valence-corrected chi connectivity index (χ2v) is 4.48. The van der Waals surface area contributed by atoms with Crippen molar-refractivity contribution in [3.63, 3.8) is 0 Å². The van der Waals surface area contributed by atoms with Gasteiger partial charge in [0.25, 0.3) is 5.91 Å². The van der Waals surface area contributed by atoms with Crippen LogP contribution in [0.3, 0.4) is 0 Å². The molecule has 5 nitrogen and oxygen atoms in total. The molecule has 1 aromatic rings. The number of anilines is 1. The van der Waals surface area contributed by atoms with Crippen molar-refractivity contribution >= 4 is 17.5 Å². The lowest BCUT2D eigenvalue weighted by Gasteiger charge is -2.10. The van der Waals surface area contributed by atoms with Gasteiger partial charge in [0.15, 0.2) is 0 Å². The first-order chi connectivity index (χ1) is 8.40. The summed E-state index contributed by atoms with van der Waals surface area (Å²) < 4.78 is 0. The molecule has 0 radical (unpaired) electrons. The normalized spacial score (nSPS) is 10.2. The molecule has 2 amide bonds. The van der Waals surface area contributed by atoms with Gasteiger partial charge in [-0.05, 0) is 38.5 Å².